The zero-order chi connectivity index (χ0) is 19.5. The minimum absolute atomic E-state index is 0.102. The molecule has 3 aromatic rings. The first-order valence-corrected chi connectivity index (χ1v) is 9.10. The van der Waals surface area contributed by atoms with Crippen LogP contribution in [-0.2, 0) is 0 Å². The maximum Gasteiger partial charge on any atom is 0.316 e. The number of nitrogens with one attached hydrogen (secondary N) is 1. The van der Waals surface area contributed by atoms with E-state index in [0.717, 1.165) is 29.7 Å². The number of rotatable bonds is 4. The van der Waals surface area contributed by atoms with E-state index in [0.29, 0.717) is 18.7 Å². The molecule has 2 aromatic heterocycles. The second-order valence-corrected chi connectivity index (χ2v) is 6.75. The van der Waals surface area contributed by atoms with E-state index in [1.54, 1.807) is 18.3 Å². The molecule has 7 nitrogen and oxygen atoms in total. The average molecular weight is 381 g/mol. The molecule has 1 aromatic carbocycles. The Morgan fingerprint density at radius 2 is 1.96 bits per heavy atom. The van der Waals surface area contributed by atoms with Crippen molar-refractivity contribution in [1.82, 2.24) is 25.1 Å². The Labute approximate surface area is 161 Å². The number of H-pyrrole nitrogens is 1. The number of halogens is 1. The van der Waals surface area contributed by atoms with Crippen molar-refractivity contribution in [2.24, 2.45) is 0 Å². The third-order valence-corrected chi connectivity index (χ3v) is 5.00. The van der Waals surface area contributed by atoms with Gasteiger partial charge in [0, 0.05) is 42.7 Å². The summed E-state index contributed by atoms with van der Waals surface area (Å²) in [6.45, 7) is 1.25. The van der Waals surface area contributed by atoms with Crippen molar-refractivity contribution in [3.8, 4) is 17.1 Å². The van der Waals surface area contributed by atoms with Gasteiger partial charge in [-0.05, 0) is 30.5 Å². The number of hydrogen-bond donors (Lipinski definition) is 1. The van der Waals surface area contributed by atoms with Crippen LogP contribution in [-0.4, -0.2) is 51.2 Å². The first kappa shape index (κ1) is 18.1. The summed E-state index contributed by atoms with van der Waals surface area (Å²) in [6, 6.07) is 6.59. The summed E-state index contributed by atoms with van der Waals surface area (Å²) in [4.78, 5) is 22.7. The van der Waals surface area contributed by atoms with Crippen molar-refractivity contribution in [2.75, 3.05) is 20.2 Å². The predicted molar refractivity (Wildman–Crippen MR) is 100 cm³/mol. The molecule has 0 unspecified atom stereocenters. The van der Waals surface area contributed by atoms with Gasteiger partial charge in [0.05, 0.1) is 18.9 Å². The van der Waals surface area contributed by atoms with Crippen molar-refractivity contribution in [3.05, 3.63) is 59.9 Å². The molecular formula is C20H20FN5O2. The molecule has 0 spiro atoms. The summed E-state index contributed by atoms with van der Waals surface area (Å²) in [6.07, 6.45) is 6.55. The number of amides is 1. The summed E-state index contributed by atoms with van der Waals surface area (Å²) in [5.74, 6) is -0.250. The Kier molecular flexibility index (Phi) is 5.01. The fourth-order valence-electron chi connectivity index (χ4n) is 3.58. The molecule has 4 rings (SSSR count). The minimum Gasteiger partial charge on any atom is -0.467 e. The lowest BCUT2D eigenvalue weighted by Gasteiger charge is -2.32. The van der Waals surface area contributed by atoms with Crippen LogP contribution in [0.2, 0.25) is 0 Å². The van der Waals surface area contributed by atoms with Crippen LogP contribution in [0.15, 0.2) is 42.9 Å². The standard InChI is InChI=1S/C20H20FN5O2/c1-28-20-22-9-15(10-23-20)19(27)26-8-2-3-14(12-26)18-17(11-24-25-18)13-4-6-16(21)7-5-13/h4-7,9-11,14H,2-3,8,12H2,1H3,(H,24,25)/t14-/m1/s1. The van der Waals surface area contributed by atoms with E-state index in [4.69, 9.17) is 4.74 Å². The van der Waals surface area contributed by atoms with Crippen molar-refractivity contribution in [1.29, 1.82) is 0 Å². The molecular weight excluding hydrogens is 361 g/mol. The van der Waals surface area contributed by atoms with Crippen molar-refractivity contribution >= 4 is 5.91 Å². The van der Waals surface area contributed by atoms with E-state index in [1.807, 2.05) is 4.90 Å². The van der Waals surface area contributed by atoms with Crippen molar-refractivity contribution in [2.45, 2.75) is 18.8 Å². The lowest BCUT2D eigenvalue weighted by molar-refractivity contribution is 0.0705. The highest BCUT2D eigenvalue weighted by atomic mass is 19.1. The van der Waals surface area contributed by atoms with Gasteiger partial charge in [-0.2, -0.15) is 5.10 Å². The largest absolute Gasteiger partial charge is 0.467 e. The van der Waals surface area contributed by atoms with Gasteiger partial charge in [0.2, 0.25) is 0 Å². The average Bonchev–Trinajstić information content (AvgIpc) is 3.24. The number of likely N-dealkylation sites (tertiary alicyclic amines) is 1. The molecule has 1 aliphatic heterocycles. The molecule has 1 N–H and O–H groups in total. The minimum atomic E-state index is -0.273. The Balaban J connectivity index is 1.53. The first-order valence-electron chi connectivity index (χ1n) is 9.10. The van der Waals surface area contributed by atoms with E-state index in [-0.39, 0.29) is 23.7 Å². The Morgan fingerprint density at radius 1 is 1.21 bits per heavy atom. The zero-order valence-corrected chi connectivity index (χ0v) is 15.4. The van der Waals surface area contributed by atoms with Crippen LogP contribution in [0.1, 0.15) is 34.8 Å². The summed E-state index contributed by atoms with van der Waals surface area (Å²) in [5, 5.41) is 7.27. The zero-order valence-electron chi connectivity index (χ0n) is 15.4. The highest BCUT2D eigenvalue weighted by Gasteiger charge is 2.28. The number of nitrogens with zero attached hydrogens (tertiary/aromatic N) is 4. The maximum absolute atomic E-state index is 13.2. The fourth-order valence-corrected chi connectivity index (χ4v) is 3.58. The third-order valence-electron chi connectivity index (χ3n) is 5.00. The highest BCUT2D eigenvalue weighted by molar-refractivity contribution is 5.93. The molecule has 144 valence electrons. The number of aromatic nitrogens is 4. The van der Waals surface area contributed by atoms with Crippen LogP contribution in [0.3, 0.4) is 0 Å². The monoisotopic (exact) mass is 381 g/mol. The van der Waals surface area contributed by atoms with Gasteiger partial charge in [0.1, 0.15) is 5.82 Å². The lowest BCUT2D eigenvalue weighted by atomic mass is 9.90. The molecule has 0 aliphatic carbocycles. The van der Waals surface area contributed by atoms with Gasteiger partial charge in [-0.25, -0.2) is 14.4 Å². The van der Waals surface area contributed by atoms with Gasteiger partial charge in [-0.1, -0.05) is 12.1 Å². The molecule has 8 heteroatoms. The molecule has 1 fully saturated rings. The molecule has 1 aliphatic rings. The molecule has 0 saturated carbocycles. The molecule has 1 saturated heterocycles. The fraction of sp³-hybridized carbons (Fsp3) is 0.300. The van der Waals surface area contributed by atoms with Crippen LogP contribution in [0.5, 0.6) is 6.01 Å². The number of carbonyl (C=O) groups is 1. The number of carbonyl (C=O) groups excluding carboxylic acids is 1. The second kappa shape index (κ2) is 7.75. The molecule has 1 atom stereocenters. The maximum atomic E-state index is 13.2. The van der Waals surface area contributed by atoms with Crippen LogP contribution in [0.25, 0.3) is 11.1 Å². The topological polar surface area (TPSA) is 84.0 Å². The van der Waals surface area contributed by atoms with E-state index in [1.165, 1.54) is 31.6 Å². The summed E-state index contributed by atoms with van der Waals surface area (Å²) in [5.41, 5.74) is 3.24. The van der Waals surface area contributed by atoms with Gasteiger partial charge in [-0.15, -0.1) is 0 Å². The number of benzene rings is 1. The smallest absolute Gasteiger partial charge is 0.316 e. The van der Waals surface area contributed by atoms with Gasteiger partial charge in [0.25, 0.3) is 5.91 Å². The van der Waals surface area contributed by atoms with Crippen LogP contribution in [0, 0.1) is 5.82 Å². The number of piperidine rings is 1. The number of hydrogen-bond acceptors (Lipinski definition) is 5. The lowest BCUT2D eigenvalue weighted by Crippen LogP contribution is -2.39. The van der Waals surface area contributed by atoms with Crippen LogP contribution < -0.4 is 4.74 Å². The second-order valence-electron chi connectivity index (χ2n) is 6.75. The van der Waals surface area contributed by atoms with Gasteiger partial charge < -0.3 is 9.64 Å². The van der Waals surface area contributed by atoms with Gasteiger partial charge >= 0.3 is 6.01 Å². The molecule has 1 amide bonds. The Bertz CT molecular complexity index is 955. The first-order chi connectivity index (χ1) is 13.7. The van der Waals surface area contributed by atoms with Crippen molar-refractivity contribution < 1.29 is 13.9 Å². The summed E-state index contributed by atoms with van der Waals surface area (Å²) >= 11 is 0. The quantitative estimate of drug-likeness (QED) is 0.751. The number of aromatic amines is 1. The molecule has 0 bridgehead atoms. The van der Waals surface area contributed by atoms with Crippen molar-refractivity contribution in [3.63, 3.8) is 0 Å². The van der Waals surface area contributed by atoms with E-state index in [2.05, 4.69) is 20.2 Å². The predicted octanol–water partition coefficient (Wildman–Crippen LogP) is 3.03. The van der Waals surface area contributed by atoms with Crippen LogP contribution >= 0.6 is 0 Å². The Morgan fingerprint density at radius 3 is 2.68 bits per heavy atom. The van der Waals surface area contributed by atoms with E-state index < -0.39 is 0 Å². The van der Waals surface area contributed by atoms with Gasteiger partial charge in [0.15, 0.2) is 0 Å². The number of ether oxygens (including phenoxy) is 1. The van der Waals surface area contributed by atoms with Crippen LogP contribution in [0.4, 0.5) is 4.39 Å². The van der Waals surface area contributed by atoms with Gasteiger partial charge in [-0.3, -0.25) is 9.89 Å². The molecule has 28 heavy (non-hydrogen) atoms. The summed E-state index contributed by atoms with van der Waals surface area (Å²) in [7, 11) is 1.48. The van der Waals surface area contributed by atoms with E-state index >= 15 is 0 Å². The molecule has 0 radical (unpaired) electrons. The van der Waals surface area contributed by atoms with E-state index in [9.17, 15) is 9.18 Å². The molecule has 3 heterocycles. The number of methoxy groups -OCH3 is 1. The Hall–Kier alpha value is -3.29. The highest BCUT2D eigenvalue weighted by Crippen LogP contribution is 2.33. The third kappa shape index (κ3) is 3.58. The normalized spacial score (nSPS) is 16.8. The summed E-state index contributed by atoms with van der Waals surface area (Å²) < 4.78 is 18.2. The SMILES string of the molecule is COc1ncc(C(=O)N2CCC[C@@H](c3[nH]ncc3-c3ccc(F)cc3)C2)cn1.